The van der Waals surface area contributed by atoms with Gasteiger partial charge in [0.25, 0.3) is 5.69 Å². The van der Waals surface area contributed by atoms with Gasteiger partial charge in [-0.25, -0.2) is 4.39 Å². The van der Waals surface area contributed by atoms with Gasteiger partial charge in [0.2, 0.25) is 0 Å². The van der Waals surface area contributed by atoms with Crippen molar-refractivity contribution in [3.8, 4) is 5.75 Å². The maximum atomic E-state index is 13.8. The van der Waals surface area contributed by atoms with Crippen LogP contribution in [0.3, 0.4) is 0 Å². The van der Waals surface area contributed by atoms with Gasteiger partial charge in [0.15, 0.2) is 6.79 Å². The van der Waals surface area contributed by atoms with Crippen LogP contribution in [-0.4, -0.2) is 23.7 Å². The van der Waals surface area contributed by atoms with Gasteiger partial charge < -0.3 is 9.47 Å². The summed E-state index contributed by atoms with van der Waals surface area (Å²) in [5.74, 6) is 0.349. The zero-order chi connectivity index (χ0) is 17.1. The highest BCUT2D eigenvalue weighted by molar-refractivity contribution is 5.50. The third-order valence-corrected chi connectivity index (χ3v) is 3.82. The highest BCUT2D eigenvalue weighted by atomic mass is 19.1. The maximum absolute atomic E-state index is 13.8. The minimum atomic E-state index is -0.435. The summed E-state index contributed by atoms with van der Waals surface area (Å²) in [4.78, 5) is 12.6. The number of non-ortho nitro benzene ring substituents is 1. The molecule has 7 heteroatoms. The summed E-state index contributed by atoms with van der Waals surface area (Å²) in [5, 5.41) is 11.1. The molecule has 2 aromatic carbocycles. The molecule has 3 rings (SSSR count). The second-order valence-corrected chi connectivity index (χ2v) is 5.72. The number of nitrogens with zero attached hydrogens (tertiary/aromatic N) is 2. The van der Waals surface area contributed by atoms with Crippen LogP contribution < -0.4 is 4.74 Å². The van der Waals surface area contributed by atoms with Crippen molar-refractivity contribution < 1.29 is 18.8 Å². The third kappa shape index (κ3) is 3.52. The number of rotatable bonds is 5. The number of nitro groups is 1. The van der Waals surface area contributed by atoms with Gasteiger partial charge in [-0.1, -0.05) is 18.2 Å². The van der Waals surface area contributed by atoms with Gasteiger partial charge in [-0.15, -0.1) is 0 Å². The van der Waals surface area contributed by atoms with Crippen molar-refractivity contribution in [2.24, 2.45) is 0 Å². The largest absolute Gasteiger partial charge is 0.467 e. The Morgan fingerprint density at radius 3 is 2.75 bits per heavy atom. The quantitative estimate of drug-likeness (QED) is 0.621. The lowest BCUT2D eigenvalue weighted by Crippen LogP contribution is -2.20. The first kappa shape index (κ1) is 16.4. The summed E-state index contributed by atoms with van der Waals surface area (Å²) in [7, 11) is 1.83. The second-order valence-electron chi connectivity index (χ2n) is 5.72. The van der Waals surface area contributed by atoms with Gasteiger partial charge >= 0.3 is 0 Å². The first-order valence-electron chi connectivity index (χ1n) is 7.47. The molecule has 1 aliphatic heterocycles. The SMILES string of the molecule is CN(Cc1ccccc1F)Cc1cc([N+](=O)[O-])cc2c1OCOC2. The van der Waals surface area contributed by atoms with Crippen molar-refractivity contribution in [3.63, 3.8) is 0 Å². The molecule has 0 N–H and O–H groups in total. The van der Waals surface area contributed by atoms with Crippen LogP contribution in [0.2, 0.25) is 0 Å². The predicted molar refractivity (Wildman–Crippen MR) is 85.0 cm³/mol. The Kier molecular flexibility index (Phi) is 4.73. The summed E-state index contributed by atoms with van der Waals surface area (Å²) in [6.45, 7) is 1.19. The Morgan fingerprint density at radius 2 is 2.00 bits per heavy atom. The fourth-order valence-corrected chi connectivity index (χ4v) is 2.77. The molecule has 0 radical (unpaired) electrons. The third-order valence-electron chi connectivity index (χ3n) is 3.82. The van der Waals surface area contributed by atoms with E-state index in [9.17, 15) is 14.5 Å². The number of ether oxygens (including phenoxy) is 2. The van der Waals surface area contributed by atoms with Crippen LogP contribution in [0.5, 0.6) is 5.75 Å². The van der Waals surface area contributed by atoms with E-state index >= 15 is 0 Å². The number of hydrogen-bond donors (Lipinski definition) is 0. The Balaban J connectivity index is 1.84. The fourth-order valence-electron chi connectivity index (χ4n) is 2.77. The normalized spacial score (nSPS) is 13.5. The van der Waals surface area contributed by atoms with Crippen LogP contribution in [0.4, 0.5) is 10.1 Å². The molecule has 2 aromatic rings. The molecule has 1 heterocycles. The summed E-state index contributed by atoms with van der Waals surface area (Å²) in [6, 6.07) is 9.53. The molecule has 6 nitrogen and oxygen atoms in total. The van der Waals surface area contributed by atoms with Crippen molar-refractivity contribution in [2.45, 2.75) is 19.7 Å². The first-order chi connectivity index (χ1) is 11.5. The molecule has 0 atom stereocenters. The molecular formula is C17H17FN2O4. The lowest BCUT2D eigenvalue weighted by molar-refractivity contribution is -0.385. The summed E-state index contributed by atoms with van der Waals surface area (Å²) < 4.78 is 24.5. The van der Waals surface area contributed by atoms with Crippen molar-refractivity contribution in [3.05, 3.63) is 69.0 Å². The lowest BCUT2D eigenvalue weighted by atomic mass is 10.1. The molecule has 0 unspecified atom stereocenters. The maximum Gasteiger partial charge on any atom is 0.270 e. The van der Waals surface area contributed by atoms with Gasteiger partial charge in [-0.05, 0) is 13.1 Å². The predicted octanol–water partition coefficient (Wildman–Crippen LogP) is 3.23. The van der Waals surface area contributed by atoms with E-state index in [1.807, 2.05) is 11.9 Å². The van der Waals surface area contributed by atoms with E-state index in [4.69, 9.17) is 9.47 Å². The van der Waals surface area contributed by atoms with E-state index in [1.165, 1.54) is 18.2 Å². The monoisotopic (exact) mass is 332 g/mol. The van der Waals surface area contributed by atoms with Gasteiger partial charge in [0.1, 0.15) is 11.6 Å². The minimum absolute atomic E-state index is 0.00265. The van der Waals surface area contributed by atoms with E-state index in [1.54, 1.807) is 18.2 Å². The standard InChI is InChI=1S/C17H17FN2O4/c1-19(8-12-4-2-3-5-16(12)18)9-13-6-15(20(21)22)7-14-10-23-11-24-17(13)14/h2-7H,8-11H2,1H3. The molecule has 1 aliphatic rings. The Morgan fingerprint density at radius 1 is 1.25 bits per heavy atom. The lowest BCUT2D eigenvalue weighted by Gasteiger charge is -2.23. The zero-order valence-electron chi connectivity index (χ0n) is 13.2. The van der Waals surface area contributed by atoms with E-state index in [-0.39, 0.29) is 24.9 Å². The molecule has 0 aromatic heterocycles. The van der Waals surface area contributed by atoms with E-state index in [0.29, 0.717) is 35.5 Å². The first-order valence-corrected chi connectivity index (χ1v) is 7.47. The molecule has 24 heavy (non-hydrogen) atoms. The van der Waals surface area contributed by atoms with Crippen molar-refractivity contribution in [1.82, 2.24) is 4.90 Å². The smallest absolute Gasteiger partial charge is 0.270 e. The molecule has 0 fully saturated rings. The molecule has 0 amide bonds. The van der Waals surface area contributed by atoms with E-state index in [0.717, 1.165) is 0 Å². The Hall–Kier alpha value is -2.51. The van der Waals surface area contributed by atoms with Crippen LogP contribution in [-0.2, 0) is 24.4 Å². The molecule has 126 valence electrons. The number of fused-ring (bicyclic) bond motifs is 1. The molecule has 0 spiro atoms. The highest BCUT2D eigenvalue weighted by Gasteiger charge is 2.21. The van der Waals surface area contributed by atoms with Crippen LogP contribution in [0.15, 0.2) is 36.4 Å². The summed E-state index contributed by atoms with van der Waals surface area (Å²) in [5.41, 5.74) is 1.92. The van der Waals surface area contributed by atoms with E-state index in [2.05, 4.69) is 0 Å². The average molecular weight is 332 g/mol. The molecule has 0 saturated heterocycles. The number of benzene rings is 2. The van der Waals surface area contributed by atoms with Crippen LogP contribution in [0, 0.1) is 15.9 Å². The number of nitro benzene ring substituents is 1. The van der Waals surface area contributed by atoms with Gasteiger partial charge in [-0.2, -0.15) is 0 Å². The summed E-state index contributed by atoms with van der Waals surface area (Å²) in [6.07, 6.45) is 0. The Labute approximate surface area is 138 Å². The summed E-state index contributed by atoms with van der Waals surface area (Å²) >= 11 is 0. The topological polar surface area (TPSA) is 64.8 Å². The average Bonchev–Trinajstić information content (AvgIpc) is 2.56. The highest BCUT2D eigenvalue weighted by Crippen LogP contribution is 2.33. The zero-order valence-corrected chi connectivity index (χ0v) is 13.2. The van der Waals surface area contributed by atoms with Crippen LogP contribution in [0.1, 0.15) is 16.7 Å². The van der Waals surface area contributed by atoms with Gasteiger partial charge in [-0.3, -0.25) is 15.0 Å². The molecule has 0 aliphatic carbocycles. The number of hydrogen-bond acceptors (Lipinski definition) is 5. The van der Waals surface area contributed by atoms with Crippen LogP contribution in [0.25, 0.3) is 0 Å². The molecule has 0 saturated carbocycles. The fraction of sp³-hybridized carbons (Fsp3) is 0.294. The number of halogens is 1. The van der Waals surface area contributed by atoms with Gasteiger partial charge in [0, 0.05) is 41.9 Å². The Bertz CT molecular complexity index is 766. The van der Waals surface area contributed by atoms with Crippen molar-refractivity contribution in [1.29, 1.82) is 0 Å². The van der Waals surface area contributed by atoms with Gasteiger partial charge in [0.05, 0.1) is 11.5 Å². The molecule has 0 bridgehead atoms. The van der Waals surface area contributed by atoms with Crippen molar-refractivity contribution >= 4 is 5.69 Å². The van der Waals surface area contributed by atoms with Crippen LogP contribution >= 0.6 is 0 Å². The van der Waals surface area contributed by atoms with Crippen molar-refractivity contribution in [2.75, 3.05) is 13.8 Å². The van der Waals surface area contributed by atoms with E-state index < -0.39 is 4.92 Å². The second kappa shape index (κ2) is 6.94. The molecular weight excluding hydrogens is 315 g/mol. The minimum Gasteiger partial charge on any atom is -0.467 e.